The van der Waals surface area contributed by atoms with Gasteiger partial charge in [0.25, 0.3) is 0 Å². The lowest BCUT2D eigenvalue weighted by Gasteiger charge is -2.39. The van der Waals surface area contributed by atoms with E-state index in [9.17, 15) is 24.0 Å². The highest BCUT2D eigenvalue weighted by molar-refractivity contribution is 5.80. The van der Waals surface area contributed by atoms with E-state index in [1.807, 2.05) is 41.5 Å². The van der Waals surface area contributed by atoms with Crippen LogP contribution in [-0.2, 0) is 47.7 Å². The van der Waals surface area contributed by atoms with Crippen LogP contribution in [0.25, 0.3) is 0 Å². The van der Waals surface area contributed by atoms with Crippen LogP contribution in [0.15, 0.2) is 0 Å². The Morgan fingerprint density at radius 3 is 1.86 bits per heavy atom. The second kappa shape index (κ2) is 20.7. The quantitative estimate of drug-likeness (QED) is 0.112. The molecule has 1 aliphatic heterocycles. The van der Waals surface area contributed by atoms with E-state index in [-0.39, 0.29) is 129 Å². The van der Waals surface area contributed by atoms with Gasteiger partial charge in [-0.3, -0.25) is 24.0 Å². The molecule has 64 heavy (non-hydrogen) atoms. The number of hydrogen-bond donors (Lipinski definition) is 0. The van der Waals surface area contributed by atoms with E-state index in [0.29, 0.717) is 41.9 Å². The second-order valence-electron chi connectivity index (χ2n) is 22.6. The van der Waals surface area contributed by atoms with Gasteiger partial charge in [-0.1, -0.05) is 57.9 Å². The molecule has 8 bridgehead atoms. The van der Waals surface area contributed by atoms with Crippen LogP contribution < -0.4 is 0 Å². The number of hydrogen-bond acceptors (Lipinski definition) is 10. The van der Waals surface area contributed by atoms with Gasteiger partial charge in [-0.05, 0) is 184 Å². The first-order valence-corrected chi connectivity index (χ1v) is 23.5. The zero-order valence-corrected chi connectivity index (χ0v) is 36.2. The molecule has 0 aromatic rings. The van der Waals surface area contributed by atoms with Gasteiger partial charge in [-0.25, -0.2) is 0 Å². The highest BCUT2D eigenvalue weighted by atomic mass is 16.6. The summed E-state index contributed by atoms with van der Waals surface area (Å²) in [5.41, 5.74) is -1.23. The summed E-state index contributed by atoms with van der Waals surface area (Å²) < 4.78 is 29.5. The first-order chi connectivity index (χ1) is 27.5. The predicted molar refractivity (Wildman–Crippen MR) is 252 cm³/mol. The molecular weight excluding hydrogens is 809 g/mol. The van der Waals surface area contributed by atoms with Crippen LogP contribution in [-0.4, -0.2) is 59.9 Å². The SMILES string of the molecule is C.C.C.C.C.C.CC(=O)OC(C)(C)C.CCC(CC(CC(C)(C)C(=O)OC1CC2CC1C1CCCC21)C(=O)OC1CC2CC1C1C3CCC(C3)C21)C(=O)OC1C2CC3C(=O)OC1C3C2. The minimum Gasteiger partial charge on any atom is -0.462 e. The lowest BCUT2D eigenvalue weighted by molar-refractivity contribution is -0.171. The molecule has 0 radical (unpaired) electrons. The van der Waals surface area contributed by atoms with Crippen LogP contribution in [0.2, 0.25) is 0 Å². The van der Waals surface area contributed by atoms with E-state index in [1.165, 1.54) is 58.3 Å². The van der Waals surface area contributed by atoms with Crippen molar-refractivity contribution >= 4 is 29.8 Å². The van der Waals surface area contributed by atoms with Crippen molar-refractivity contribution in [1.29, 1.82) is 0 Å². The summed E-state index contributed by atoms with van der Waals surface area (Å²) >= 11 is 0. The average molecular weight is 903 g/mol. The zero-order valence-electron chi connectivity index (χ0n) is 36.2. The van der Waals surface area contributed by atoms with Gasteiger partial charge in [0.2, 0.25) is 0 Å². The molecule has 9 aliphatic carbocycles. The van der Waals surface area contributed by atoms with E-state index >= 15 is 0 Å². The van der Waals surface area contributed by atoms with Crippen molar-refractivity contribution in [2.24, 2.45) is 94.2 Å². The van der Waals surface area contributed by atoms with Gasteiger partial charge < -0.3 is 23.7 Å². The van der Waals surface area contributed by atoms with Crippen LogP contribution in [0.1, 0.15) is 189 Å². The number of fused-ring (bicyclic) bond motifs is 15. The van der Waals surface area contributed by atoms with Crippen molar-refractivity contribution in [3.63, 3.8) is 0 Å². The summed E-state index contributed by atoms with van der Waals surface area (Å²) in [6, 6.07) is 0. The molecule has 0 amide bonds. The Morgan fingerprint density at radius 2 is 1.22 bits per heavy atom. The molecule has 0 N–H and O–H groups in total. The molecule has 1 heterocycles. The van der Waals surface area contributed by atoms with Gasteiger partial charge in [-0.2, -0.15) is 0 Å². The Balaban J connectivity index is 0.000000716. The van der Waals surface area contributed by atoms with Crippen molar-refractivity contribution in [2.75, 3.05) is 0 Å². The Labute approximate surface area is 389 Å². The minimum atomic E-state index is -0.898. The maximum Gasteiger partial charge on any atom is 0.311 e. The molecule has 0 spiro atoms. The normalized spacial score (nSPS) is 39.9. The maximum atomic E-state index is 14.4. The number of carbonyl (C=O) groups excluding carboxylic acids is 5. The molecule has 1 saturated heterocycles. The molecular formula is C54H94O10. The summed E-state index contributed by atoms with van der Waals surface area (Å²) in [4.78, 5) is 64.8. The highest BCUT2D eigenvalue weighted by Crippen LogP contribution is 2.68. The molecule has 10 heteroatoms. The van der Waals surface area contributed by atoms with Crippen molar-refractivity contribution in [1.82, 2.24) is 0 Å². The monoisotopic (exact) mass is 903 g/mol. The Bertz CT molecular complexity index is 1650. The van der Waals surface area contributed by atoms with Crippen molar-refractivity contribution < 1.29 is 47.7 Å². The summed E-state index contributed by atoms with van der Waals surface area (Å²) in [5, 5.41) is 0. The second-order valence-corrected chi connectivity index (χ2v) is 22.6. The average Bonchev–Trinajstić information content (AvgIpc) is 4.00. The maximum absolute atomic E-state index is 14.4. The van der Waals surface area contributed by atoms with Gasteiger partial charge in [0, 0.05) is 18.8 Å². The third-order valence-corrected chi connectivity index (χ3v) is 17.7. The van der Waals surface area contributed by atoms with Crippen LogP contribution in [0.4, 0.5) is 0 Å². The molecule has 10 fully saturated rings. The van der Waals surface area contributed by atoms with Crippen molar-refractivity contribution in [3.8, 4) is 0 Å². The smallest absolute Gasteiger partial charge is 0.311 e. The van der Waals surface area contributed by atoms with Gasteiger partial charge in [0.05, 0.1) is 23.2 Å². The molecule has 19 unspecified atom stereocenters. The Hall–Kier alpha value is -2.65. The summed E-state index contributed by atoms with van der Waals surface area (Å²) in [6.45, 7) is 12.7. The molecule has 0 aromatic carbocycles. The minimum absolute atomic E-state index is 0. The van der Waals surface area contributed by atoms with E-state index in [4.69, 9.17) is 23.7 Å². The van der Waals surface area contributed by atoms with Crippen molar-refractivity contribution in [3.05, 3.63) is 0 Å². The first-order valence-electron chi connectivity index (χ1n) is 23.5. The molecule has 9 saturated carbocycles. The van der Waals surface area contributed by atoms with E-state index in [2.05, 4.69) is 0 Å². The molecule has 10 rings (SSSR count). The third kappa shape index (κ3) is 9.97. The fraction of sp³-hybridized carbons (Fsp3) is 0.907. The topological polar surface area (TPSA) is 132 Å². The van der Waals surface area contributed by atoms with E-state index in [1.54, 1.807) is 0 Å². The fourth-order valence-corrected chi connectivity index (χ4v) is 15.8. The molecule has 0 aromatic heterocycles. The number of rotatable bonds is 11. The third-order valence-electron chi connectivity index (χ3n) is 17.7. The summed E-state index contributed by atoms with van der Waals surface area (Å²) in [7, 11) is 0. The molecule has 19 atom stereocenters. The van der Waals surface area contributed by atoms with Gasteiger partial charge in [0.1, 0.15) is 30.0 Å². The van der Waals surface area contributed by atoms with Crippen LogP contribution in [0.5, 0.6) is 0 Å². The summed E-state index contributed by atoms with van der Waals surface area (Å²) in [5.74, 6) is 5.08. The van der Waals surface area contributed by atoms with Gasteiger partial charge in [-0.15, -0.1) is 0 Å². The number of ether oxygens (including phenoxy) is 5. The first kappa shape index (κ1) is 55.7. The lowest BCUT2D eigenvalue weighted by atomic mass is 9.70. The van der Waals surface area contributed by atoms with Crippen LogP contribution >= 0.6 is 0 Å². The zero-order chi connectivity index (χ0) is 41.0. The Morgan fingerprint density at radius 1 is 0.625 bits per heavy atom. The molecule has 10 nitrogen and oxygen atoms in total. The van der Waals surface area contributed by atoms with Crippen molar-refractivity contribution in [2.45, 2.75) is 219 Å². The predicted octanol–water partition coefficient (Wildman–Crippen LogP) is 12.1. The standard InChI is InChI=1S/C42H58O8.C6H12O2.6CH4/c1-4-19(38(43)49-36-24-14-29-30(15-24)40(45)50-37(29)36)10-25(39(44)47-33-17-23-13-31(33)35-21-9-8-20(11-21)34(23)35)18-42(2,3)41(46)48-32-16-22-12-28(32)27-7-5-6-26(22)27;1-5(7)8-6(2,3)4;;;;;;/h19-37H,4-18H2,1-3H3;1-4H3;6*1H4. The van der Waals surface area contributed by atoms with Crippen LogP contribution in [0, 0.1) is 94.2 Å². The number of carbonyl (C=O) groups is 5. The highest BCUT2D eigenvalue weighted by Gasteiger charge is 2.65. The summed E-state index contributed by atoms with van der Waals surface area (Å²) in [6.07, 6.45) is 14.2. The largest absolute Gasteiger partial charge is 0.462 e. The van der Waals surface area contributed by atoms with Gasteiger partial charge in [0.15, 0.2) is 0 Å². The van der Waals surface area contributed by atoms with E-state index in [0.717, 1.165) is 49.4 Å². The fourth-order valence-electron chi connectivity index (χ4n) is 15.8. The number of esters is 5. The lowest BCUT2D eigenvalue weighted by Crippen LogP contribution is -2.41. The molecule has 370 valence electrons. The van der Waals surface area contributed by atoms with E-state index < -0.39 is 23.4 Å². The van der Waals surface area contributed by atoms with Crippen LogP contribution in [0.3, 0.4) is 0 Å². The molecule has 10 aliphatic rings. The Kier molecular flexibility index (Phi) is 18.0. The van der Waals surface area contributed by atoms with Gasteiger partial charge >= 0.3 is 29.8 Å².